The van der Waals surface area contributed by atoms with Crippen LogP contribution in [0.1, 0.15) is 25.2 Å². The molecule has 1 heterocycles. The second-order valence-electron chi connectivity index (χ2n) is 5.10. The van der Waals surface area contributed by atoms with Crippen molar-refractivity contribution in [1.82, 2.24) is 9.97 Å². The Morgan fingerprint density at radius 2 is 1.88 bits per heavy atom. The molecule has 0 amide bonds. The van der Waals surface area contributed by atoms with Crippen molar-refractivity contribution in [3.63, 3.8) is 0 Å². The Morgan fingerprint density at radius 3 is 2.47 bits per heavy atom. The smallest absolute Gasteiger partial charge is 0.113 e. The van der Waals surface area contributed by atoms with Gasteiger partial charge in [-0.25, -0.2) is 4.98 Å². The van der Waals surface area contributed by atoms with Gasteiger partial charge in [0.15, 0.2) is 0 Å². The van der Waals surface area contributed by atoms with E-state index in [0.717, 1.165) is 17.1 Å². The lowest BCUT2D eigenvalue weighted by Gasteiger charge is -2.18. The van der Waals surface area contributed by atoms with Gasteiger partial charge in [-0.3, -0.25) is 0 Å². The van der Waals surface area contributed by atoms with Gasteiger partial charge < -0.3 is 10.7 Å². The minimum atomic E-state index is -0.108. The van der Waals surface area contributed by atoms with Crippen molar-refractivity contribution in [3.05, 3.63) is 41.9 Å². The standard InChI is InChI=1S/C14H19N3/c1-10-4-6-11(7-5-10)12-8-16-13(17-12)14(2,3)9-15/h4-8H,9,15H2,1-3H3,(H,16,17). The van der Waals surface area contributed by atoms with Crippen molar-refractivity contribution in [3.8, 4) is 11.3 Å². The first-order chi connectivity index (χ1) is 8.03. The maximum atomic E-state index is 5.75. The maximum absolute atomic E-state index is 5.75. The van der Waals surface area contributed by atoms with Crippen molar-refractivity contribution >= 4 is 0 Å². The van der Waals surface area contributed by atoms with Crippen molar-refractivity contribution in [2.24, 2.45) is 5.73 Å². The molecule has 2 aromatic rings. The third-order valence-electron chi connectivity index (χ3n) is 3.09. The van der Waals surface area contributed by atoms with Gasteiger partial charge in [-0.2, -0.15) is 0 Å². The SMILES string of the molecule is Cc1ccc(-c2cnc(C(C)(C)CN)[nH]2)cc1. The summed E-state index contributed by atoms with van der Waals surface area (Å²) in [6.45, 7) is 6.84. The zero-order chi connectivity index (χ0) is 12.5. The Bertz CT molecular complexity index is 494. The zero-order valence-electron chi connectivity index (χ0n) is 10.6. The van der Waals surface area contributed by atoms with E-state index in [1.54, 1.807) is 0 Å². The van der Waals surface area contributed by atoms with Gasteiger partial charge in [0.2, 0.25) is 0 Å². The average Bonchev–Trinajstić information content (AvgIpc) is 2.80. The van der Waals surface area contributed by atoms with Crippen LogP contribution in [-0.4, -0.2) is 16.5 Å². The first-order valence-electron chi connectivity index (χ1n) is 5.85. The van der Waals surface area contributed by atoms with E-state index >= 15 is 0 Å². The van der Waals surface area contributed by atoms with Crippen LogP contribution in [0.5, 0.6) is 0 Å². The molecule has 17 heavy (non-hydrogen) atoms. The van der Waals surface area contributed by atoms with Gasteiger partial charge in [0, 0.05) is 12.0 Å². The molecule has 0 aliphatic heterocycles. The number of hydrogen-bond acceptors (Lipinski definition) is 2. The predicted molar refractivity (Wildman–Crippen MR) is 70.8 cm³/mol. The predicted octanol–water partition coefficient (Wildman–Crippen LogP) is 2.62. The molecule has 0 radical (unpaired) electrons. The van der Waals surface area contributed by atoms with Crippen LogP contribution < -0.4 is 5.73 Å². The van der Waals surface area contributed by atoms with Gasteiger partial charge in [-0.15, -0.1) is 0 Å². The van der Waals surface area contributed by atoms with Crippen LogP contribution in [0.2, 0.25) is 0 Å². The molecule has 0 unspecified atom stereocenters. The molecule has 0 spiro atoms. The first-order valence-corrected chi connectivity index (χ1v) is 5.85. The van der Waals surface area contributed by atoms with Crippen LogP contribution in [0, 0.1) is 6.92 Å². The summed E-state index contributed by atoms with van der Waals surface area (Å²) in [4.78, 5) is 7.77. The molecule has 1 aromatic heterocycles. The molecule has 0 atom stereocenters. The molecule has 0 fully saturated rings. The number of aryl methyl sites for hydroxylation is 1. The van der Waals surface area contributed by atoms with Crippen molar-refractivity contribution in [2.75, 3.05) is 6.54 Å². The van der Waals surface area contributed by atoms with Gasteiger partial charge in [-0.05, 0) is 12.5 Å². The number of nitrogens with one attached hydrogen (secondary N) is 1. The summed E-state index contributed by atoms with van der Waals surface area (Å²) in [7, 11) is 0. The number of aromatic amines is 1. The highest BCUT2D eigenvalue weighted by Crippen LogP contribution is 2.23. The third kappa shape index (κ3) is 2.39. The molecule has 2 rings (SSSR count). The van der Waals surface area contributed by atoms with Crippen LogP contribution >= 0.6 is 0 Å². The summed E-state index contributed by atoms with van der Waals surface area (Å²) in [5.74, 6) is 0.940. The van der Waals surface area contributed by atoms with Gasteiger partial charge >= 0.3 is 0 Å². The normalized spacial score (nSPS) is 11.8. The average molecular weight is 229 g/mol. The number of hydrogen-bond donors (Lipinski definition) is 2. The summed E-state index contributed by atoms with van der Waals surface area (Å²) >= 11 is 0. The summed E-state index contributed by atoms with van der Waals surface area (Å²) < 4.78 is 0. The monoisotopic (exact) mass is 229 g/mol. The second-order valence-corrected chi connectivity index (χ2v) is 5.10. The molecule has 0 aliphatic carbocycles. The summed E-state index contributed by atoms with van der Waals surface area (Å²) in [6.07, 6.45) is 1.87. The fourth-order valence-corrected chi connectivity index (χ4v) is 1.64. The highest BCUT2D eigenvalue weighted by Gasteiger charge is 2.22. The topological polar surface area (TPSA) is 54.7 Å². The number of nitrogens with zero attached hydrogens (tertiary/aromatic N) is 1. The fraction of sp³-hybridized carbons (Fsp3) is 0.357. The Hall–Kier alpha value is -1.61. The quantitative estimate of drug-likeness (QED) is 0.850. The van der Waals surface area contributed by atoms with E-state index in [1.807, 2.05) is 6.20 Å². The molecule has 0 bridgehead atoms. The van der Waals surface area contributed by atoms with Crippen LogP contribution in [0.3, 0.4) is 0 Å². The number of aromatic nitrogens is 2. The molecular formula is C14H19N3. The Morgan fingerprint density at radius 1 is 1.24 bits per heavy atom. The number of benzene rings is 1. The van der Waals surface area contributed by atoms with E-state index in [-0.39, 0.29) is 5.41 Å². The lowest BCUT2D eigenvalue weighted by molar-refractivity contribution is 0.508. The largest absolute Gasteiger partial charge is 0.342 e. The Kier molecular flexibility index (Phi) is 3.03. The Labute approximate surface area is 102 Å². The van der Waals surface area contributed by atoms with Crippen molar-refractivity contribution in [1.29, 1.82) is 0 Å². The third-order valence-corrected chi connectivity index (χ3v) is 3.09. The molecule has 3 heteroatoms. The van der Waals surface area contributed by atoms with Gasteiger partial charge in [0.05, 0.1) is 11.9 Å². The molecule has 0 aliphatic rings. The Balaban J connectivity index is 2.33. The minimum absolute atomic E-state index is 0.108. The minimum Gasteiger partial charge on any atom is -0.342 e. The molecule has 0 saturated heterocycles. The second kappa shape index (κ2) is 4.34. The maximum Gasteiger partial charge on any atom is 0.113 e. The number of rotatable bonds is 3. The van der Waals surface area contributed by atoms with E-state index in [0.29, 0.717) is 6.54 Å². The van der Waals surface area contributed by atoms with Crippen LogP contribution in [0.25, 0.3) is 11.3 Å². The van der Waals surface area contributed by atoms with Crippen molar-refractivity contribution < 1.29 is 0 Å². The van der Waals surface area contributed by atoms with Crippen LogP contribution in [0.15, 0.2) is 30.5 Å². The van der Waals surface area contributed by atoms with E-state index in [2.05, 4.69) is 55.0 Å². The highest BCUT2D eigenvalue weighted by atomic mass is 14.9. The number of imidazole rings is 1. The molecule has 3 nitrogen and oxygen atoms in total. The van der Waals surface area contributed by atoms with Crippen molar-refractivity contribution in [2.45, 2.75) is 26.2 Å². The molecule has 3 N–H and O–H groups in total. The number of nitrogens with two attached hydrogens (primary N) is 1. The lowest BCUT2D eigenvalue weighted by atomic mass is 9.93. The van der Waals surface area contributed by atoms with Crippen LogP contribution in [-0.2, 0) is 5.41 Å². The summed E-state index contributed by atoms with van der Waals surface area (Å²) in [5, 5.41) is 0. The van der Waals surface area contributed by atoms with Gasteiger partial charge in [0.25, 0.3) is 0 Å². The fourth-order valence-electron chi connectivity index (χ4n) is 1.64. The molecule has 1 aromatic carbocycles. The summed E-state index contributed by atoms with van der Waals surface area (Å²) in [5.41, 5.74) is 9.10. The zero-order valence-corrected chi connectivity index (χ0v) is 10.6. The van der Waals surface area contributed by atoms with E-state index in [4.69, 9.17) is 5.73 Å². The van der Waals surface area contributed by atoms with E-state index in [1.165, 1.54) is 5.56 Å². The highest BCUT2D eigenvalue weighted by molar-refractivity contribution is 5.58. The lowest BCUT2D eigenvalue weighted by Crippen LogP contribution is -2.29. The summed E-state index contributed by atoms with van der Waals surface area (Å²) in [6, 6.07) is 8.40. The molecule has 90 valence electrons. The van der Waals surface area contributed by atoms with Gasteiger partial charge in [0.1, 0.15) is 5.82 Å². The molecular weight excluding hydrogens is 210 g/mol. The van der Waals surface area contributed by atoms with Crippen LogP contribution in [0.4, 0.5) is 0 Å². The molecule has 0 saturated carbocycles. The van der Waals surface area contributed by atoms with E-state index in [9.17, 15) is 0 Å². The number of H-pyrrole nitrogens is 1. The van der Waals surface area contributed by atoms with Gasteiger partial charge in [-0.1, -0.05) is 43.7 Å². The van der Waals surface area contributed by atoms with E-state index < -0.39 is 0 Å². The first kappa shape index (κ1) is 11.9.